The van der Waals surface area contributed by atoms with Gasteiger partial charge in [-0.05, 0) is 18.2 Å². The van der Waals surface area contributed by atoms with E-state index >= 15 is 0 Å². The Morgan fingerprint density at radius 2 is 2.27 bits per heavy atom. The molecule has 0 aliphatic heterocycles. The highest BCUT2D eigenvalue weighted by Gasteiger charge is 2.01. The normalized spacial score (nSPS) is 11.0. The van der Waals surface area contributed by atoms with Crippen molar-refractivity contribution in [2.24, 2.45) is 0 Å². The highest BCUT2D eigenvalue weighted by molar-refractivity contribution is 7.16. The van der Waals surface area contributed by atoms with Gasteiger partial charge in [-0.2, -0.15) is 0 Å². The molecule has 0 aliphatic rings. The highest BCUT2D eigenvalue weighted by Crippen LogP contribution is 2.26. The Morgan fingerprint density at radius 3 is 3.00 bits per heavy atom. The van der Waals surface area contributed by atoms with Gasteiger partial charge in [0.05, 0.1) is 23.4 Å². The van der Waals surface area contributed by atoms with Crippen LogP contribution in [0.2, 0.25) is 0 Å². The Morgan fingerprint density at radius 1 is 1.33 bits per heavy atom. The van der Waals surface area contributed by atoms with Gasteiger partial charge in [-0.25, -0.2) is 0 Å². The third-order valence-electron chi connectivity index (χ3n) is 1.83. The fourth-order valence-electron chi connectivity index (χ4n) is 1.18. The number of rotatable bonds is 3. The fraction of sp³-hybridized carbons (Fsp3) is 0.0909. The van der Waals surface area contributed by atoms with Crippen molar-refractivity contribution >= 4 is 17.4 Å². The van der Waals surface area contributed by atoms with Crippen molar-refractivity contribution in [1.29, 1.82) is 0 Å². The largest absolute Gasteiger partial charge is 0.392 e. The predicted molar refractivity (Wildman–Crippen MR) is 61.5 cm³/mol. The summed E-state index contributed by atoms with van der Waals surface area (Å²) in [4.78, 5) is 10.4. The molecule has 2 aromatic rings. The Bertz CT molecular complexity index is 451. The Hall–Kier alpha value is -1.52. The van der Waals surface area contributed by atoms with Crippen LogP contribution >= 0.6 is 11.3 Å². The molecule has 0 saturated carbocycles. The van der Waals surface area contributed by atoms with E-state index in [0.717, 1.165) is 15.4 Å². The van der Waals surface area contributed by atoms with Crippen LogP contribution in [-0.4, -0.2) is 21.7 Å². The molecule has 0 fully saturated rings. The smallest absolute Gasteiger partial charge is 0.0984 e. The summed E-state index contributed by atoms with van der Waals surface area (Å²) >= 11 is 1.63. The summed E-state index contributed by atoms with van der Waals surface area (Å²) in [6, 6.07) is 4.01. The number of aliphatic hydroxyl groups excluding tert-OH is 1. The summed E-state index contributed by atoms with van der Waals surface area (Å²) in [5.41, 5.74) is 0.881. The molecular formula is C11H10N2OS. The second kappa shape index (κ2) is 4.82. The molecule has 0 atom stereocenters. The summed E-state index contributed by atoms with van der Waals surface area (Å²) in [5, 5.41) is 8.65. The lowest BCUT2D eigenvalue weighted by atomic mass is 10.3. The van der Waals surface area contributed by atoms with Crippen molar-refractivity contribution in [2.75, 3.05) is 6.61 Å². The SMILES string of the molecule is OCC=Cc1ccc(-c2cnccn2)s1. The van der Waals surface area contributed by atoms with Gasteiger partial charge in [-0.15, -0.1) is 11.3 Å². The zero-order chi connectivity index (χ0) is 10.5. The molecule has 15 heavy (non-hydrogen) atoms. The second-order valence-corrected chi connectivity index (χ2v) is 3.99. The maximum atomic E-state index is 8.65. The molecule has 0 amide bonds. The first-order valence-electron chi connectivity index (χ1n) is 4.54. The number of nitrogens with zero attached hydrogens (tertiary/aromatic N) is 2. The number of aliphatic hydroxyl groups is 1. The van der Waals surface area contributed by atoms with E-state index in [9.17, 15) is 0 Å². The lowest BCUT2D eigenvalue weighted by Crippen LogP contribution is -1.79. The summed E-state index contributed by atoms with van der Waals surface area (Å²) in [7, 11) is 0. The predicted octanol–water partition coefficient (Wildman–Crippen LogP) is 2.21. The number of hydrogen-bond acceptors (Lipinski definition) is 4. The summed E-state index contributed by atoms with van der Waals surface area (Å²) in [5.74, 6) is 0. The first-order valence-corrected chi connectivity index (χ1v) is 5.35. The van der Waals surface area contributed by atoms with Crippen LogP contribution in [0, 0.1) is 0 Å². The van der Waals surface area contributed by atoms with Gasteiger partial charge in [0, 0.05) is 17.3 Å². The molecule has 0 aromatic carbocycles. The third-order valence-corrected chi connectivity index (χ3v) is 2.90. The minimum absolute atomic E-state index is 0.0678. The Kier molecular flexibility index (Phi) is 3.22. The van der Waals surface area contributed by atoms with E-state index in [2.05, 4.69) is 9.97 Å². The maximum absolute atomic E-state index is 8.65. The van der Waals surface area contributed by atoms with E-state index in [1.54, 1.807) is 36.0 Å². The van der Waals surface area contributed by atoms with Gasteiger partial charge in [0.1, 0.15) is 0 Å². The van der Waals surface area contributed by atoms with Gasteiger partial charge in [0.25, 0.3) is 0 Å². The molecule has 2 aromatic heterocycles. The summed E-state index contributed by atoms with van der Waals surface area (Å²) in [6.07, 6.45) is 8.68. The van der Waals surface area contributed by atoms with E-state index in [1.807, 2.05) is 18.2 Å². The average Bonchev–Trinajstić information content (AvgIpc) is 2.76. The summed E-state index contributed by atoms with van der Waals surface area (Å²) in [6.45, 7) is 0.0678. The molecule has 2 rings (SSSR count). The lowest BCUT2D eigenvalue weighted by Gasteiger charge is -1.92. The van der Waals surface area contributed by atoms with Crippen LogP contribution in [0.15, 0.2) is 36.8 Å². The van der Waals surface area contributed by atoms with Crippen molar-refractivity contribution in [1.82, 2.24) is 9.97 Å². The minimum atomic E-state index is 0.0678. The molecule has 76 valence electrons. The standard InChI is InChI=1S/C11H10N2OS/c14-7-1-2-9-3-4-11(15-9)10-8-12-5-6-13-10/h1-6,8,14H,7H2. The highest BCUT2D eigenvalue weighted by atomic mass is 32.1. The van der Waals surface area contributed by atoms with E-state index in [-0.39, 0.29) is 6.61 Å². The zero-order valence-corrected chi connectivity index (χ0v) is 8.81. The van der Waals surface area contributed by atoms with Crippen LogP contribution in [0.3, 0.4) is 0 Å². The number of aromatic nitrogens is 2. The van der Waals surface area contributed by atoms with E-state index in [1.165, 1.54) is 0 Å². The lowest BCUT2D eigenvalue weighted by molar-refractivity contribution is 0.343. The van der Waals surface area contributed by atoms with Crippen molar-refractivity contribution < 1.29 is 5.11 Å². The van der Waals surface area contributed by atoms with E-state index in [4.69, 9.17) is 5.11 Å². The van der Waals surface area contributed by atoms with Gasteiger partial charge in [-0.3, -0.25) is 9.97 Å². The quantitative estimate of drug-likeness (QED) is 0.859. The third kappa shape index (κ3) is 2.49. The van der Waals surface area contributed by atoms with Crippen molar-refractivity contribution in [2.45, 2.75) is 0 Å². The molecule has 0 saturated heterocycles. The first-order chi connectivity index (χ1) is 7.40. The molecule has 4 heteroatoms. The van der Waals surface area contributed by atoms with E-state index < -0.39 is 0 Å². The first kappa shape index (κ1) is 10.0. The Balaban J connectivity index is 2.24. The van der Waals surface area contributed by atoms with Gasteiger partial charge in [0.2, 0.25) is 0 Å². The van der Waals surface area contributed by atoms with Crippen LogP contribution in [0.1, 0.15) is 4.88 Å². The molecule has 0 aliphatic carbocycles. The van der Waals surface area contributed by atoms with Crippen molar-refractivity contribution in [3.05, 3.63) is 41.7 Å². The minimum Gasteiger partial charge on any atom is -0.392 e. The van der Waals surface area contributed by atoms with Crippen molar-refractivity contribution in [3.8, 4) is 10.6 Å². The van der Waals surface area contributed by atoms with Crippen molar-refractivity contribution in [3.63, 3.8) is 0 Å². The monoisotopic (exact) mass is 218 g/mol. The molecular weight excluding hydrogens is 208 g/mol. The average molecular weight is 218 g/mol. The van der Waals surface area contributed by atoms with Crippen LogP contribution in [0.25, 0.3) is 16.6 Å². The molecule has 3 nitrogen and oxygen atoms in total. The van der Waals surface area contributed by atoms with Crippen LogP contribution < -0.4 is 0 Å². The maximum Gasteiger partial charge on any atom is 0.0984 e. The van der Waals surface area contributed by atoms with Crippen LogP contribution in [-0.2, 0) is 0 Å². The van der Waals surface area contributed by atoms with Gasteiger partial charge >= 0.3 is 0 Å². The van der Waals surface area contributed by atoms with E-state index in [0.29, 0.717) is 0 Å². The fourth-order valence-corrected chi connectivity index (χ4v) is 2.08. The molecule has 0 spiro atoms. The molecule has 1 N–H and O–H groups in total. The van der Waals surface area contributed by atoms with Gasteiger partial charge in [-0.1, -0.05) is 6.08 Å². The number of thiophene rings is 1. The second-order valence-electron chi connectivity index (χ2n) is 2.88. The molecule has 0 bridgehead atoms. The molecule has 0 unspecified atom stereocenters. The molecule has 2 heterocycles. The van der Waals surface area contributed by atoms with Gasteiger partial charge < -0.3 is 5.11 Å². The topological polar surface area (TPSA) is 46.0 Å². The molecule has 0 radical (unpaired) electrons. The van der Waals surface area contributed by atoms with Gasteiger partial charge in [0.15, 0.2) is 0 Å². The zero-order valence-electron chi connectivity index (χ0n) is 8.00. The number of hydrogen-bond donors (Lipinski definition) is 1. The van der Waals surface area contributed by atoms with Crippen LogP contribution in [0.4, 0.5) is 0 Å². The van der Waals surface area contributed by atoms with Crippen LogP contribution in [0.5, 0.6) is 0 Å². The summed E-state index contributed by atoms with van der Waals surface area (Å²) < 4.78 is 0. The Labute approximate surface area is 91.8 Å².